The number of aromatic nitrogens is 1. The number of aliphatic carboxylic acids is 1. The van der Waals surface area contributed by atoms with Crippen LogP contribution in [0.4, 0.5) is 0 Å². The van der Waals surface area contributed by atoms with Crippen molar-refractivity contribution in [2.45, 2.75) is 12.1 Å². The molecule has 0 fully saturated rings. The van der Waals surface area contributed by atoms with E-state index in [1.807, 2.05) is 0 Å². The number of carboxylic acids is 1. The maximum absolute atomic E-state index is 10.4. The molecule has 1 rings (SSSR count). The van der Waals surface area contributed by atoms with Crippen LogP contribution in [0.25, 0.3) is 0 Å². The van der Waals surface area contributed by atoms with Crippen LogP contribution in [0, 0.1) is 0 Å². The fourth-order valence-electron chi connectivity index (χ4n) is 0.905. The van der Waals surface area contributed by atoms with E-state index in [1.54, 1.807) is 18.5 Å². The van der Waals surface area contributed by atoms with E-state index >= 15 is 0 Å². The van der Waals surface area contributed by atoms with Crippen LogP contribution >= 0.6 is 0 Å². The molecule has 2 atom stereocenters. The van der Waals surface area contributed by atoms with E-state index < -0.39 is 18.1 Å². The van der Waals surface area contributed by atoms with Gasteiger partial charge in [-0.2, -0.15) is 0 Å². The fraction of sp³-hybridized carbons (Fsp3) is 0.286. The molecule has 0 radical (unpaired) electrons. The van der Waals surface area contributed by atoms with Gasteiger partial charge in [-0.15, -0.1) is 0 Å². The highest BCUT2D eigenvalue weighted by molar-refractivity contribution is 5.74. The van der Waals surface area contributed by atoms with Gasteiger partial charge in [-0.1, -0.05) is 0 Å². The molecular formula is C7H11N3O2. The summed E-state index contributed by atoms with van der Waals surface area (Å²) < 4.78 is 0. The van der Waals surface area contributed by atoms with Crippen molar-refractivity contribution in [2.24, 2.45) is 11.5 Å². The molecule has 1 aromatic rings. The highest BCUT2D eigenvalue weighted by Crippen LogP contribution is 2.11. The zero-order chi connectivity index (χ0) is 9.14. The molecule has 0 bridgehead atoms. The van der Waals surface area contributed by atoms with Crippen LogP contribution in [-0.4, -0.2) is 22.1 Å². The second-order valence-corrected chi connectivity index (χ2v) is 2.53. The van der Waals surface area contributed by atoms with Crippen molar-refractivity contribution in [1.82, 2.24) is 4.98 Å². The number of H-pyrrole nitrogens is 1. The second-order valence-electron chi connectivity index (χ2n) is 2.53. The second kappa shape index (κ2) is 3.38. The molecule has 1 aromatic heterocycles. The summed E-state index contributed by atoms with van der Waals surface area (Å²) in [7, 11) is 0. The van der Waals surface area contributed by atoms with Gasteiger partial charge in [0.25, 0.3) is 0 Å². The number of aromatic amines is 1. The highest BCUT2D eigenvalue weighted by atomic mass is 16.4. The molecule has 0 saturated heterocycles. The van der Waals surface area contributed by atoms with Gasteiger partial charge in [0.1, 0.15) is 6.04 Å². The molecule has 0 amide bonds. The van der Waals surface area contributed by atoms with E-state index in [2.05, 4.69) is 4.98 Å². The van der Waals surface area contributed by atoms with Crippen LogP contribution in [0.15, 0.2) is 18.5 Å². The predicted octanol–water partition coefficient (Wildman–Crippen LogP) is -0.574. The summed E-state index contributed by atoms with van der Waals surface area (Å²) in [4.78, 5) is 13.2. The molecule has 0 aliphatic rings. The zero-order valence-electron chi connectivity index (χ0n) is 6.40. The summed E-state index contributed by atoms with van der Waals surface area (Å²) in [5, 5.41) is 8.54. The summed E-state index contributed by atoms with van der Waals surface area (Å²) in [6.45, 7) is 0. The maximum atomic E-state index is 10.4. The van der Waals surface area contributed by atoms with Gasteiger partial charge in [0.2, 0.25) is 0 Å². The number of nitrogens with two attached hydrogens (primary N) is 2. The molecule has 5 heteroatoms. The molecule has 6 N–H and O–H groups in total. The van der Waals surface area contributed by atoms with Crippen LogP contribution in [-0.2, 0) is 4.79 Å². The van der Waals surface area contributed by atoms with Crippen molar-refractivity contribution in [3.63, 3.8) is 0 Å². The smallest absolute Gasteiger partial charge is 0.322 e. The Kier molecular flexibility index (Phi) is 2.47. The Balaban J connectivity index is 2.71. The van der Waals surface area contributed by atoms with Gasteiger partial charge in [0, 0.05) is 12.4 Å². The lowest BCUT2D eigenvalue weighted by atomic mass is 10.0. The Bertz CT molecular complexity index is 258. The first-order valence-electron chi connectivity index (χ1n) is 3.49. The molecule has 5 nitrogen and oxygen atoms in total. The van der Waals surface area contributed by atoms with Gasteiger partial charge in [0.15, 0.2) is 0 Å². The van der Waals surface area contributed by atoms with Crippen molar-refractivity contribution in [3.8, 4) is 0 Å². The minimum atomic E-state index is -1.09. The monoisotopic (exact) mass is 169 g/mol. The van der Waals surface area contributed by atoms with Crippen LogP contribution in [0.3, 0.4) is 0 Å². The Morgan fingerprint density at radius 1 is 1.58 bits per heavy atom. The third-order valence-electron chi connectivity index (χ3n) is 1.68. The third kappa shape index (κ3) is 1.63. The Morgan fingerprint density at radius 3 is 2.67 bits per heavy atom. The first-order valence-corrected chi connectivity index (χ1v) is 3.49. The van der Waals surface area contributed by atoms with Crippen molar-refractivity contribution in [3.05, 3.63) is 24.0 Å². The van der Waals surface area contributed by atoms with Crippen LogP contribution < -0.4 is 11.5 Å². The lowest BCUT2D eigenvalue weighted by molar-refractivity contribution is -0.139. The highest BCUT2D eigenvalue weighted by Gasteiger charge is 2.21. The van der Waals surface area contributed by atoms with E-state index in [1.165, 1.54) is 0 Å². The van der Waals surface area contributed by atoms with Crippen LogP contribution in [0.1, 0.15) is 11.6 Å². The van der Waals surface area contributed by atoms with E-state index in [0.29, 0.717) is 5.56 Å². The van der Waals surface area contributed by atoms with Crippen molar-refractivity contribution in [1.29, 1.82) is 0 Å². The number of hydrogen-bond donors (Lipinski definition) is 4. The minimum Gasteiger partial charge on any atom is -0.480 e. The summed E-state index contributed by atoms with van der Waals surface area (Å²) >= 11 is 0. The SMILES string of the molecule is NC(C(=O)O)C(N)c1cc[nH]c1. The topological polar surface area (TPSA) is 105 Å². The Morgan fingerprint density at radius 2 is 2.25 bits per heavy atom. The minimum absolute atomic E-state index is 0.659. The lowest BCUT2D eigenvalue weighted by Gasteiger charge is -2.13. The summed E-state index contributed by atoms with van der Waals surface area (Å²) in [6.07, 6.45) is 3.30. The molecule has 0 saturated carbocycles. The van der Waals surface area contributed by atoms with Gasteiger partial charge >= 0.3 is 5.97 Å². The number of hydrogen-bond acceptors (Lipinski definition) is 3. The molecule has 0 spiro atoms. The van der Waals surface area contributed by atoms with Gasteiger partial charge in [-0.3, -0.25) is 4.79 Å². The van der Waals surface area contributed by atoms with Gasteiger partial charge in [-0.05, 0) is 11.6 Å². The first-order chi connectivity index (χ1) is 5.63. The van der Waals surface area contributed by atoms with E-state index in [9.17, 15) is 4.79 Å². The average Bonchev–Trinajstić information content (AvgIpc) is 2.53. The molecule has 1 heterocycles. The number of carbonyl (C=O) groups is 1. The number of rotatable bonds is 3. The molecule has 2 unspecified atom stereocenters. The maximum Gasteiger partial charge on any atom is 0.322 e. The van der Waals surface area contributed by atoms with E-state index in [-0.39, 0.29) is 0 Å². The molecular weight excluding hydrogens is 158 g/mol. The molecule has 0 aromatic carbocycles. The van der Waals surface area contributed by atoms with Crippen molar-refractivity contribution >= 4 is 5.97 Å². The average molecular weight is 169 g/mol. The van der Waals surface area contributed by atoms with E-state index in [0.717, 1.165) is 0 Å². The van der Waals surface area contributed by atoms with Crippen molar-refractivity contribution in [2.75, 3.05) is 0 Å². The Hall–Kier alpha value is -1.33. The van der Waals surface area contributed by atoms with Gasteiger partial charge < -0.3 is 21.6 Å². The molecule has 0 aliphatic heterocycles. The Labute approximate surface area is 69.4 Å². The summed E-state index contributed by atoms with van der Waals surface area (Å²) in [6, 6.07) is -0.0115. The van der Waals surface area contributed by atoms with Gasteiger partial charge in [-0.25, -0.2) is 0 Å². The predicted molar refractivity (Wildman–Crippen MR) is 43.3 cm³/mol. The summed E-state index contributed by atoms with van der Waals surface area (Å²) in [5.74, 6) is -1.09. The fourth-order valence-corrected chi connectivity index (χ4v) is 0.905. The molecule has 0 aliphatic carbocycles. The largest absolute Gasteiger partial charge is 0.480 e. The normalized spacial score (nSPS) is 15.5. The van der Waals surface area contributed by atoms with Crippen LogP contribution in [0.2, 0.25) is 0 Å². The van der Waals surface area contributed by atoms with Crippen molar-refractivity contribution < 1.29 is 9.90 Å². The number of nitrogens with one attached hydrogen (secondary N) is 1. The zero-order valence-corrected chi connectivity index (χ0v) is 6.40. The van der Waals surface area contributed by atoms with Gasteiger partial charge in [0.05, 0.1) is 6.04 Å². The number of carboxylic acid groups (broad SMARTS) is 1. The lowest BCUT2D eigenvalue weighted by Crippen LogP contribution is -2.40. The quantitative estimate of drug-likeness (QED) is 0.486. The van der Waals surface area contributed by atoms with E-state index in [4.69, 9.17) is 16.6 Å². The summed E-state index contributed by atoms with van der Waals surface area (Å²) in [5.41, 5.74) is 11.6. The first kappa shape index (κ1) is 8.76. The molecule has 66 valence electrons. The standard InChI is InChI=1S/C7H11N3O2/c8-5(6(9)7(11)12)4-1-2-10-3-4/h1-3,5-6,10H,8-9H2,(H,11,12). The van der Waals surface area contributed by atoms with Crippen LogP contribution in [0.5, 0.6) is 0 Å². The molecule has 12 heavy (non-hydrogen) atoms. The third-order valence-corrected chi connectivity index (χ3v) is 1.68.